The van der Waals surface area contributed by atoms with E-state index in [1.165, 1.54) is 0 Å². The molecule has 162 valence electrons. The molecule has 2 aromatic carbocycles. The van der Waals surface area contributed by atoms with Crippen molar-refractivity contribution in [3.8, 4) is 11.5 Å². The summed E-state index contributed by atoms with van der Waals surface area (Å²) in [5, 5.41) is 6.08. The quantitative estimate of drug-likeness (QED) is 0.667. The third-order valence-corrected chi connectivity index (χ3v) is 5.60. The molecule has 4 rings (SSSR count). The smallest absolute Gasteiger partial charge is 0.325 e. The number of hydrogen-bond donors (Lipinski definition) is 2. The molecular weight excluding hydrogens is 422 g/mol. The van der Waals surface area contributed by atoms with Gasteiger partial charge in [0.2, 0.25) is 5.91 Å². The van der Waals surface area contributed by atoms with Crippen molar-refractivity contribution in [2.75, 3.05) is 26.3 Å². The SMILES string of the molecule is C[C@]1(c2ccc3c(c2)OCCO3)NC(=O)N(CC(=O)NCCc2ccc(Cl)cc2)C1=O. The molecule has 2 N–H and O–H groups in total. The minimum Gasteiger partial charge on any atom is -0.486 e. The van der Waals surface area contributed by atoms with E-state index in [9.17, 15) is 14.4 Å². The van der Waals surface area contributed by atoms with Crippen LogP contribution in [-0.2, 0) is 21.5 Å². The van der Waals surface area contributed by atoms with E-state index in [0.717, 1.165) is 10.5 Å². The van der Waals surface area contributed by atoms with Crippen molar-refractivity contribution in [2.24, 2.45) is 0 Å². The molecule has 2 aromatic rings. The van der Waals surface area contributed by atoms with E-state index in [-0.39, 0.29) is 6.54 Å². The molecular formula is C22H22ClN3O5. The molecule has 0 aromatic heterocycles. The van der Waals surface area contributed by atoms with Crippen LogP contribution in [0.4, 0.5) is 4.79 Å². The number of halogens is 1. The molecule has 0 radical (unpaired) electrons. The molecule has 31 heavy (non-hydrogen) atoms. The Morgan fingerprint density at radius 1 is 1.13 bits per heavy atom. The van der Waals surface area contributed by atoms with E-state index in [4.69, 9.17) is 21.1 Å². The fourth-order valence-electron chi connectivity index (χ4n) is 3.59. The van der Waals surface area contributed by atoms with Gasteiger partial charge < -0.3 is 20.1 Å². The van der Waals surface area contributed by atoms with Crippen LogP contribution < -0.4 is 20.1 Å². The number of imide groups is 1. The van der Waals surface area contributed by atoms with Crippen molar-refractivity contribution in [1.82, 2.24) is 15.5 Å². The molecule has 1 saturated heterocycles. The van der Waals surface area contributed by atoms with E-state index >= 15 is 0 Å². The second kappa shape index (κ2) is 8.47. The van der Waals surface area contributed by atoms with Crippen LogP contribution in [0.1, 0.15) is 18.1 Å². The number of nitrogens with zero attached hydrogens (tertiary/aromatic N) is 1. The Morgan fingerprint density at radius 2 is 1.84 bits per heavy atom. The Morgan fingerprint density at radius 3 is 2.58 bits per heavy atom. The Labute approximate surface area is 184 Å². The largest absolute Gasteiger partial charge is 0.486 e. The molecule has 8 nitrogen and oxygen atoms in total. The van der Waals surface area contributed by atoms with E-state index in [1.54, 1.807) is 37.3 Å². The van der Waals surface area contributed by atoms with Crippen molar-refractivity contribution >= 4 is 29.4 Å². The van der Waals surface area contributed by atoms with Crippen molar-refractivity contribution in [3.63, 3.8) is 0 Å². The van der Waals surface area contributed by atoms with Gasteiger partial charge in [-0.15, -0.1) is 0 Å². The van der Waals surface area contributed by atoms with Crippen LogP contribution in [0, 0.1) is 0 Å². The summed E-state index contributed by atoms with van der Waals surface area (Å²) in [5.74, 6) is 0.198. The van der Waals surface area contributed by atoms with Gasteiger partial charge in [-0.1, -0.05) is 29.8 Å². The fraction of sp³-hybridized carbons (Fsp3) is 0.318. The lowest BCUT2D eigenvalue weighted by Gasteiger charge is -2.25. The predicted molar refractivity (Wildman–Crippen MR) is 113 cm³/mol. The van der Waals surface area contributed by atoms with Crippen molar-refractivity contribution < 1.29 is 23.9 Å². The van der Waals surface area contributed by atoms with Crippen LogP contribution >= 0.6 is 11.6 Å². The number of hydrogen-bond acceptors (Lipinski definition) is 5. The van der Waals surface area contributed by atoms with Gasteiger partial charge in [-0.05, 0) is 48.7 Å². The Bertz CT molecular complexity index is 1030. The highest BCUT2D eigenvalue weighted by Gasteiger charge is 2.49. The first-order valence-electron chi connectivity index (χ1n) is 9.92. The predicted octanol–water partition coefficient (Wildman–Crippen LogP) is 2.24. The molecule has 2 aliphatic heterocycles. The Hall–Kier alpha value is -3.26. The number of carbonyl (C=O) groups excluding carboxylic acids is 3. The highest BCUT2D eigenvalue weighted by molar-refractivity contribution is 6.30. The summed E-state index contributed by atoms with van der Waals surface area (Å²) >= 11 is 5.86. The van der Waals surface area contributed by atoms with Gasteiger partial charge in [0.15, 0.2) is 11.5 Å². The van der Waals surface area contributed by atoms with E-state index < -0.39 is 23.4 Å². The molecule has 1 atom stereocenters. The molecule has 0 unspecified atom stereocenters. The molecule has 0 bridgehead atoms. The molecule has 0 saturated carbocycles. The number of ether oxygens (including phenoxy) is 2. The molecule has 9 heteroatoms. The summed E-state index contributed by atoms with van der Waals surface area (Å²) in [5.41, 5.74) is 0.280. The monoisotopic (exact) mass is 443 g/mol. The standard InChI is InChI=1S/C22H22ClN3O5/c1-22(15-4-7-17-18(12-15)31-11-10-30-17)20(28)26(21(29)25-22)13-19(27)24-9-8-14-2-5-16(23)6-3-14/h2-7,12H,8-11,13H2,1H3,(H,24,27)(H,25,29)/t22-/m1/s1. The average Bonchev–Trinajstić information content (AvgIpc) is 2.98. The van der Waals surface area contributed by atoms with Gasteiger partial charge in [0.25, 0.3) is 5.91 Å². The lowest BCUT2D eigenvalue weighted by atomic mass is 9.91. The maximum atomic E-state index is 13.0. The van der Waals surface area contributed by atoms with Crippen LogP contribution in [0.5, 0.6) is 11.5 Å². The first kappa shape index (κ1) is 21.0. The number of nitrogens with one attached hydrogen (secondary N) is 2. The lowest BCUT2D eigenvalue weighted by Crippen LogP contribution is -2.43. The number of fused-ring (bicyclic) bond motifs is 1. The van der Waals surface area contributed by atoms with Gasteiger partial charge in [-0.3, -0.25) is 14.5 Å². The second-order valence-corrected chi connectivity index (χ2v) is 7.97. The molecule has 2 aliphatic rings. The molecule has 4 amide bonds. The van der Waals surface area contributed by atoms with Crippen LogP contribution in [0.15, 0.2) is 42.5 Å². The van der Waals surface area contributed by atoms with Crippen LogP contribution in [-0.4, -0.2) is 49.0 Å². The van der Waals surface area contributed by atoms with Gasteiger partial charge in [0.05, 0.1) is 0 Å². The Balaban J connectivity index is 1.38. The minimum atomic E-state index is -1.30. The topological polar surface area (TPSA) is 97.0 Å². The average molecular weight is 444 g/mol. The zero-order chi connectivity index (χ0) is 22.0. The Kier molecular flexibility index (Phi) is 5.73. The second-order valence-electron chi connectivity index (χ2n) is 7.53. The highest BCUT2D eigenvalue weighted by atomic mass is 35.5. The number of urea groups is 1. The summed E-state index contributed by atoms with van der Waals surface area (Å²) < 4.78 is 11.1. The lowest BCUT2D eigenvalue weighted by molar-refractivity contribution is -0.134. The highest BCUT2D eigenvalue weighted by Crippen LogP contribution is 2.36. The fourth-order valence-corrected chi connectivity index (χ4v) is 3.71. The molecule has 1 fully saturated rings. The van der Waals surface area contributed by atoms with E-state index in [2.05, 4.69) is 10.6 Å². The van der Waals surface area contributed by atoms with Gasteiger partial charge in [-0.2, -0.15) is 0 Å². The van der Waals surface area contributed by atoms with Gasteiger partial charge >= 0.3 is 6.03 Å². The van der Waals surface area contributed by atoms with Crippen LogP contribution in [0.25, 0.3) is 0 Å². The van der Waals surface area contributed by atoms with Crippen molar-refractivity contribution in [1.29, 1.82) is 0 Å². The summed E-state index contributed by atoms with van der Waals surface area (Å²) in [6.07, 6.45) is 0.609. The molecule has 0 aliphatic carbocycles. The zero-order valence-electron chi connectivity index (χ0n) is 16.9. The van der Waals surface area contributed by atoms with E-state index in [1.807, 2.05) is 12.1 Å². The minimum absolute atomic E-state index is 0.356. The van der Waals surface area contributed by atoms with Crippen LogP contribution in [0.2, 0.25) is 5.02 Å². The first-order chi connectivity index (χ1) is 14.9. The molecule has 2 heterocycles. The zero-order valence-corrected chi connectivity index (χ0v) is 17.7. The summed E-state index contributed by atoms with van der Waals surface area (Å²) in [6.45, 7) is 2.50. The van der Waals surface area contributed by atoms with Crippen LogP contribution in [0.3, 0.4) is 0 Å². The first-order valence-corrected chi connectivity index (χ1v) is 10.3. The number of amides is 4. The number of carbonyl (C=O) groups is 3. The number of rotatable bonds is 6. The van der Waals surface area contributed by atoms with Gasteiger partial charge in [0, 0.05) is 11.6 Å². The summed E-state index contributed by atoms with van der Waals surface area (Å²) in [6, 6.07) is 11.8. The third-order valence-electron chi connectivity index (χ3n) is 5.35. The number of benzene rings is 2. The maximum absolute atomic E-state index is 13.0. The normalized spacial score (nSPS) is 19.9. The maximum Gasteiger partial charge on any atom is 0.325 e. The van der Waals surface area contributed by atoms with Gasteiger partial charge in [-0.25, -0.2) is 4.79 Å². The summed E-state index contributed by atoms with van der Waals surface area (Å²) in [7, 11) is 0. The molecule has 0 spiro atoms. The van der Waals surface area contributed by atoms with Gasteiger partial charge in [0.1, 0.15) is 25.3 Å². The van der Waals surface area contributed by atoms with Crippen molar-refractivity contribution in [2.45, 2.75) is 18.9 Å². The summed E-state index contributed by atoms with van der Waals surface area (Å²) in [4.78, 5) is 38.8. The van der Waals surface area contributed by atoms with Crippen molar-refractivity contribution in [3.05, 3.63) is 58.6 Å². The third kappa shape index (κ3) is 4.29. The van der Waals surface area contributed by atoms with E-state index in [0.29, 0.717) is 48.3 Å².